The van der Waals surface area contributed by atoms with Gasteiger partial charge in [0.1, 0.15) is 17.3 Å². The Morgan fingerprint density at radius 2 is 1.97 bits per heavy atom. The van der Waals surface area contributed by atoms with Crippen LogP contribution in [0.5, 0.6) is 5.75 Å². The van der Waals surface area contributed by atoms with E-state index < -0.39 is 0 Å². The minimum absolute atomic E-state index is 0.228. The molecule has 0 spiro atoms. The van der Waals surface area contributed by atoms with Crippen LogP contribution >= 0.6 is 0 Å². The summed E-state index contributed by atoms with van der Waals surface area (Å²) in [7, 11) is 1.55. The number of hydrogen-bond acceptors (Lipinski definition) is 6. The number of furan rings is 1. The van der Waals surface area contributed by atoms with E-state index in [0.29, 0.717) is 47.0 Å². The van der Waals surface area contributed by atoms with Gasteiger partial charge in [-0.05, 0) is 56.5 Å². The third-order valence-corrected chi connectivity index (χ3v) is 5.31. The predicted molar refractivity (Wildman–Crippen MR) is 120 cm³/mol. The maximum atomic E-state index is 12.8. The fraction of sp³-hybridized carbons (Fsp3) is 0.250. The van der Waals surface area contributed by atoms with Gasteiger partial charge in [-0.1, -0.05) is 12.1 Å². The largest absolute Gasteiger partial charge is 0.497 e. The summed E-state index contributed by atoms with van der Waals surface area (Å²) in [5.74, 6) is 1.26. The Morgan fingerprint density at radius 1 is 1.12 bits per heavy atom. The summed E-state index contributed by atoms with van der Waals surface area (Å²) >= 11 is 0. The molecule has 164 valence electrons. The molecular formula is C24H24N4O4. The van der Waals surface area contributed by atoms with E-state index in [2.05, 4.69) is 20.8 Å². The lowest BCUT2D eigenvalue weighted by molar-refractivity contribution is 0.0953. The molecule has 2 amide bonds. The first-order chi connectivity index (χ1) is 15.5. The number of nitrogens with one attached hydrogen (secondary N) is 2. The number of aryl methyl sites for hydroxylation is 2. The zero-order valence-electron chi connectivity index (χ0n) is 18.2. The number of ether oxygens (including phenoxy) is 1. The molecule has 32 heavy (non-hydrogen) atoms. The van der Waals surface area contributed by atoms with Gasteiger partial charge < -0.3 is 14.5 Å². The maximum Gasteiger partial charge on any atom is 0.292 e. The van der Waals surface area contributed by atoms with Crippen molar-refractivity contribution < 1.29 is 18.7 Å². The van der Waals surface area contributed by atoms with E-state index in [4.69, 9.17) is 9.15 Å². The van der Waals surface area contributed by atoms with Crippen molar-refractivity contribution in [1.29, 1.82) is 0 Å². The van der Waals surface area contributed by atoms with Gasteiger partial charge in [0.15, 0.2) is 5.76 Å². The molecule has 0 saturated carbocycles. The average Bonchev–Trinajstić information content (AvgIpc) is 3.16. The molecule has 1 aliphatic rings. The minimum atomic E-state index is -0.368. The molecule has 8 heteroatoms. The zero-order chi connectivity index (χ0) is 22.7. The number of aromatic nitrogens is 1. The molecule has 1 aromatic carbocycles. The number of hydrogen-bond donors (Lipinski definition) is 2. The van der Waals surface area contributed by atoms with E-state index in [-0.39, 0.29) is 17.6 Å². The minimum Gasteiger partial charge on any atom is -0.497 e. The van der Waals surface area contributed by atoms with Crippen molar-refractivity contribution in [3.63, 3.8) is 0 Å². The quantitative estimate of drug-likeness (QED) is 0.592. The van der Waals surface area contributed by atoms with Crippen LogP contribution in [0.25, 0.3) is 0 Å². The molecule has 0 radical (unpaired) electrons. The molecule has 0 unspecified atom stereocenters. The second kappa shape index (κ2) is 9.05. The van der Waals surface area contributed by atoms with E-state index in [1.54, 1.807) is 43.6 Å². The van der Waals surface area contributed by atoms with E-state index in [1.165, 1.54) is 0 Å². The highest BCUT2D eigenvalue weighted by molar-refractivity contribution is 6.09. The number of amides is 2. The van der Waals surface area contributed by atoms with Gasteiger partial charge in [-0.15, -0.1) is 0 Å². The molecule has 0 saturated heterocycles. The topological polar surface area (TPSA) is 106 Å². The number of nitrogens with zero attached hydrogens (tertiary/aromatic N) is 2. The Balaban J connectivity index is 1.55. The third-order valence-electron chi connectivity index (χ3n) is 5.31. The first kappa shape index (κ1) is 21.3. The number of hydrazone groups is 1. The summed E-state index contributed by atoms with van der Waals surface area (Å²) in [6.07, 6.45) is 3.88. The Kier molecular flexibility index (Phi) is 6.02. The number of carbonyl (C=O) groups is 2. The summed E-state index contributed by atoms with van der Waals surface area (Å²) in [5, 5.41) is 7.12. The second-order valence-electron chi connectivity index (χ2n) is 7.61. The van der Waals surface area contributed by atoms with Crippen LogP contribution < -0.4 is 15.5 Å². The summed E-state index contributed by atoms with van der Waals surface area (Å²) in [4.78, 5) is 29.5. The highest BCUT2D eigenvalue weighted by Crippen LogP contribution is 2.30. The van der Waals surface area contributed by atoms with Crippen LogP contribution in [0, 0.1) is 13.8 Å². The highest BCUT2D eigenvalue weighted by Gasteiger charge is 2.28. The lowest BCUT2D eigenvalue weighted by Crippen LogP contribution is -2.22. The molecule has 2 aromatic heterocycles. The molecule has 1 aliphatic carbocycles. The van der Waals surface area contributed by atoms with Gasteiger partial charge in [-0.3, -0.25) is 9.59 Å². The van der Waals surface area contributed by atoms with Crippen LogP contribution in [0.1, 0.15) is 56.2 Å². The van der Waals surface area contributed by atoms with Gasteiger partial charge >= 0.3 is 0 Å². The van der Waals surface area contributed by atoms with Crippen LogP contribution in [0.2, 0.25) is 0 Å². The standard InChI is InChI=1S/C24H24N4O4/c1-14-10-11-20(25-13-14)26-24(30)22-15(2)21-18(8-5-9-19(21)32-22)27-28-23(29)16-6-4-7-17(12-16)31-3/h4,6-7,10-13H,5,8-9H2,1-3H3,(H,28,29)(H,25,26,30)/b27-18+. The van der Waals surface area contributed by atoms with Gasteiger partial charge in [-0.2, -0.15) is 5.10 Å². The Labute approximate surface area is 185 Å². The zero-order valence-corrected chi connectivity index (χ0v) is 18.2. The van der Waals surface area contributed by atoms with Crippen LogP contribution in [-0.4, -0.2) is 29.6 Å². The van der Waals surface area contributed by atoms with E-state index in [9.17, 15) is 9.59 Å². The van der Waals surface area contributed by atoms with E-state index in [0.717, 1.165) is 17.5 Å². The van der Waals surface area contributed by atoms with Crippen molar-refractivity contribution in [1.82, 2.24) is 10.4 Å². The van der Waals surface area contributed by atoms with Crippen LogP contribution in [0.15, 0.2) is 52.1 Å². The van der Waals surface area contributed by atoms with Crippen molar-refractivity contribution in [2.45, 2.75) is 33.1 Å². The van der Waals surface area contributed by atoms with E-state index in [1.807, 2.05) is 19.9 Å². The molecule has 0 atom stereocenters. The Bertz CT molecular complexity index is 1200. The Morgan fingerprint density at radius 3 is 2.72 bits per heavy atom. The number of carbonyl (C=O) groups excluding carboxylic acids is 2. The molecule has 0 aliphatic heterocycles. The molecule has 2 heterocycles. The molecule has 0 fully saturated rings. The number of fused-ring (bicyclic) bond motifs is 1. The summed E-state index contributed by atoms with van der Waals surface area (Å²) in [6.45, 7) is 3.75. The average molecular weight is 432 g/mol. The van der Waals surface area contributed by atoms with Crippen molar-refractivity contribution >= 4 is 23.3 Å². The molecule has 8 nitrogen and oxygen atoms in total. The first-order valence-electron chi connectivity index (χ1n) is 10.3. The van der Waals surface area contributed by atoms with Crippen LogP contribution in [-0.2, 0) is 6.42 Å². The van der Waals surface area contributed by atoms with Gasteiger partial charge in [0, 0.05) is 29.3 Å². The molecule has 4 rings (SSSR count). The maximum absolute atomic E-state index is 12.8. The normalized spacial score (nSPS) is 14.0. The fourth-order valence-electron chi connectivity index (χ4n) is 3.66. The summed E-state index contributed by atoms with van der Waals surface area (Å²) in [5.41, 5.74) is 6.23. The van der Waals surface area contributed by atoms with Crippen molar-refractivity contribution in [3.8, 4) is 5.75 Å². The smallest absolute Gasteiger partial charge is 0.292 e. The first-order valence-corrected chi connectivity index (χ1v) is 10.3. The number of rotatable bonds is 5. The van der Waals surface area contributed by atoms with Crippen molar-refractivity contribution in [3.05, 3.63) is 76.4 Å². The molecule has 2 N–H and O–H groups in total. The molecular weight excluding hydrogens is 408 g/mol. The highest BCUT2D eigenvalue weighted by atomic mass is 16.5. The Hall–Kier alpha value is -3.94. The van der Waals surface area contributed by atoms with E-state index >= 15 is 0 Å². The molecule has 0 bridgehead atoms. The van der Waals surface area contributed by atoms with Gasteiger partial charge in [0.2, 0.25) is 0 Å². The SMILES string of the molecule is COc1cccc(C(=O)N/N=C2\CCCc3oc(C(=O)Nc4ccc(C)cn4)c(C)c32)c1. The monoisotopic (exact) mass is 432 g/mol. The summed E-state index contributed by atoms with van der Waals surface area (Å²) < 4.78 is 11.1. The fourth-order valence-corrected chi connectivity index (χ4v) is 3.66. The van der Waals surface area contributed by atoms with Crippen LogP contribution in [0.4, 0.5) is 5.82 Å². The molecule has 3 aromatic rings. The van der Waals surface area contributed by atoms with Gasteiger partial charge in [-0.25, -0.2) is 10.4 Å². The summed E-state index contributed by atoms with van der Waals surface area (Å²) in [6, 6.07) is 10.5. The number of pyridine rings is 1. The number of anilines is 1. The third kappa shape index (κ3) is 4.39. The second-order valence-corrected chi connectivity index (χ2v) is 7.61. The van der Waals surface area contributed by atoms with Crippen molar-refractivity contribution in [2.75, 3.05) is 12.4 Å². The number of benzene rings is 1. The van der Waals surface area contributed by atoms with Gasteiger partial charge in [0.05, 0.1) is 12.8 Å². The lowest BCUT2D eigenvalue weighted by Gasteiger charge is -2.13. The van der Waals surface area contributed by atoms with Crippen LogP contribution in [0.3, 0.4) is 0 Å². The van der Waals surface area contributed by atoms with Crippen molar-refractivity contribution in [2.24, 2.45) is 5.10 Å². The van der Waals surface area contributed by atoms with Gasteiger partial charge in [0.25, 0.3) is 11.8 Å². The number of methoxy groups -OCH3 is 1. The predicted octanol–water partition coefficient (Wildman–Crippen LogP) is 4.02. The lowest BCUT2D eigenvalue weighted by atomic mass is 9.93.